The second-order valence-electron chi connectivity index (χ2n) is 7.39. The first-order chi connectivity index (χ1) is 15.2. The maximum absolute atomic E-state index is 15.0. The van der Waals surface area contributed by atoms with Crippen LogP contribution < -0.4 is 9.38 Å². The van der Waals surface area contributed by atoms with Crippen LogP contribution in [0.1, 0.15) is 16.8 Å². The largest absolute Gasteiger partial charge is 0.703 e. The topological polar surface area (TPSA) is 41.6 Å². The second kappa shape index (κ2) is 7.28. The minimum Gasteiger partial charge on any atom is -0.604 e. The summed E-state index contributed by atoms with van der Waals surface area (Å²) < 4.78 is 115. The summed E-state index contributed by atoms with van der Waals surface area (Å²) in [6, 6.07) is 7.47. The van der Waals surface area contributed by atoms with E-state index in [1.807, 2.05) is 0 Å². The third-order valence-electron chi connectivity index (χ3n) is 4.91. The lowest BCUT2D eigenvalue weighted by atomic mass is 10.00. The molecule has 2 aromatic heterocycles. The van der Waals surface area contributed by atoms with Gasteiger partial charge < -0.3 is 22.7 Å². The maximum atomic E-state index is 15.0. The number of fused-ring (bicyclic) bond motifs is 3. The molecule has 3 heterocycles. The van der Waals surface area contributed by atoms with Crippen molar-refractivity contribution in [1.82, 2.24) is 4.98 Å². The smallest absolute Gasteiger partial charge is 0.604 e. The lowest BCUT2D eigenvalue weighted by Crippen LogP contribution is -2.64. The van der Waals surface area contributed by atoms with Gasteiger partial charge in [-0.15, -0.1) is 4.98 Å². The molecule has 0 bridgehead atoms. The molecule has 3 aromatic rings. The number of pyridine rings is 2. The van der Waals surface area contributed by atoms with Crippen LogP contribution in [0.4, 0.5) is 46.5 Å². The summed E-state index contributed by atoms with van der Waals surface area (Å²) in [5, 5.41) is -0.946. The van der Waals surface area contributed by atoms with Gasteiger partial charge in [-0.05, 0) is 36.4 Å². The van der Waals surface area contributed by atoms with Gasteiger partial charge in [-0.1, -0.05) is 4.99 Å². The van der Waals surface area contributed by atoms with Crippen molar-refractivity contribution < 1.29 is 44.1 Å². The Morgan fingerprint density at radius 3 is 2.09 bits per heavy atom. The summed E-state index contributed by atoms with van der Waals surface area (Å²) in [5.74, 6) is -1.14. The SMILES string of the molecule is CN(C)c1ccc(C2=Nc3ccc4c(C(F)(F)F)cc(C(F)(F)F)nc4[n+]3[B-](F)(F)O2)cc1. The number of benzene rings is 1. The van der Waals surface area contributed by atoms with Crippen LogP contribution in [0.3, 0.4) is 0 Å². The van der Waals surface area contributed by atoms with E-state index in [1.165, 1.54) is 12.1 Å². The van der Waals surface area contributed by atoms with E-state index in [0.717, 1.165) is 17.8 Å². The van der Waals surface area contributed by atoms with E-state index in [4.69, 9.17) is 0 Å². The summed E-state index contributed by atoms with van der Waals surface area (Å²) in [5.41, 5.74) is -4.08. The molecule has 0 spiro atoms. The number of aliphatic imine (C=N–C) groups is 1. The van der Waals surface area contributed by atoms with Gasteiger partial charge in [0, 0.05) is 25.8 Å². The van der Waals surface area contributed by atoms with Crippen molar-refractivity contribution in [1.29, 1.82) is 0 Å². The third kappa shape index (κ3) is 4.04. The fraction of sp³-hybridized carbons (Fsp3) is 0.211. The second-order valence-corrected chi connectivity index (χ2v) is 7.39. The monoisotopic (exact) mass is 476 g/mol. The Morgan fingerprint density at radius 1 is 0.909 bits per heavy atom. The zero-order chi connectivity index (χ0) is 24.3. The van der Waals surface area contributed by atoms with Crippen LogP contribution in [0.25, 0.3) is 11.0 Å². The Hall–Kier alpha value is -3.45. The highest BCUT2D eigenvalue weighted by Gasteiger charge is 2.48. The van der Waals surface area contributed by atoms with Gasteiger partial charge in [-0.2, -0.15) is 26.3 Å². The molecule has 5 nitrogen and oxygen atoms in total. The first-order valence-electron chi connectivity index (χ1n) is 9.29. The quantitative estimate of drug-likeness (QED) is 0.388. The Morgan fingerprint density at radius 2 is 1.55 bits per heavy atom. The lowest BCUT2D eigenvalue weighted by molar-refractivity contribution is -0.543. The predicted molar refractivity (Wildman–Crippen MR) is 103 cm³/mol. The van der Waals surface area contributed by atoms with E-state index in [2.05, 4.69) is 14.6 Å². The molecule has 0 saturated carbocycles. The molecule has 4 rings (SSSR count). The molecule has 0 amide bonds. The van der Waals surface area contributed by atoms with Crippen molar-refractivity contribution >= 4 is 35.5 Å². The van der Waals surface area contributed by atoms with E-state index < -0.39 is 53.4 Å². The highest BCUT2D eigenvalue weighted by Crippen LogP contribution is 2.39. The summed E-state index contributed by atoms with van der Waals surface area (Å²) in [7, 11) is -1.65. The average Bonchev–Trinajstić information content (AvgIpc) is 2.70. The Bertz CT molecular complexity index is 1270. The zero-order valence-electron chi connectivity index (χ0n) is 16.8. The number of hydrogen-bond donors (Lipinski definition) is 0. The van der Waals surface area contributed by atoms with Gasteiger partial charge in [0.1, 0.15) is 0 Å². The molecule has 14 heteroatoms. The van der Waals surface area contributed by atoms with Gasteiger partial charge in [-0.3, -0.25) is 0 Å². The fourth-order valence-electron chi connectivity index (χ4n) is 3.36. The predicted octanol–water partition coefficient (Wildman–Crippen LogP) is 4.96. The van der Waals surface area contributed by atoms with Crippen LogP contribution in [0, 0.1) is 0 Å². The standard InChI is InChI=1S/C19H13BF8N4O/c1-31(2)11-5-3-10(4-6-11)17-30-15-8-7-12-13(18(21,22)23)9-14(19(24,25)26)29-16(12)32(15)20(27,28)33-17/h3-9H,1-2H3. The van der Waals surface area contributed by atoms with Gasteiger partial charge >= 0.3 is 19.4 Å². The number of rotatable bonds is 2. The molecule has 1 aromatic carbocycles. The molecule has 0 radical (unpaired) electrons. The first-order valence-corrected chi connectivity index (χ1v) is 9.29. The summed E-state index contributed by atoms with van der Waals surface area (Å²) in [4.78, 5) is 8.73. The molecule has 0 aliphatic carbocycles. The fourth-order valence-corrected chi connectivity index (χ4v) is 3.36. The van der Waals surface area contributed by atoms with Crippen molar-refractivity contribution in [3.63, 3.8) is 0 Å². The van der Waals surface area contributed by atoms with Crippen molar-refractivity contribution in [2.75, 3.05) is 19.0 Å². The number of halogens is 8. The molecule has 1 aliphatic heterocycles. The van der Waals surface area contributed by atoms with Crippen molar-refractivity contribution in [2.24, 2.45) is 4.99 Å². The Balaban J connectivity index is 1.97. The minimum absolute atomic E-state index is 0.127. The Kier molecular flexibility index (Phi) is 5.02. The van der Waals surface area contributed by atoms with E-state index in [1.54, 1.807) is 31.1 Å². The molecule has 0 unspecified atom stereocenters. The van der Waals surface area contributed by atoms with Crippen LogP contribution in [0.15, 0.2) is 47.5 Å². The molecule has 33 heavy (non-hydrogen) atoms. The maximum Gasteiger partial charge on any atom is 0.703 e. The van der Waals surface area contributed by atoms with Crippen molar-refractivity contribution in [3.8, 4) is 0 Å². The minimum atomic E-state index is -5.31. The van der Waals surface area contributed by atoms with Gasteiger partial charge in [0.15, 0.2) is 0 Å². The average molecular weight is 476 g/mol. The number of anilines is 1. The number of hydrogen-bond acceptors (Lipinski definition) is 4. The molecule has 1 aliphatic rings. The molecule has 0 fully saturated rings. The van der Waals surface area contributed by atoms with Gasteiger partial charge in [0.05, 0.1) is 16.5 Å². The summed E-state index contributed by atoms with van der Waals surface area (Å²) in [6.07, 6.45) is -10.6. The first kappa shape index (κ1) is 22.7. The van der Waals surface area contributed by atoms with Crippen LogP contribution in [0.5, 0.6) is 0 Å². The zero-order valence-corrected chi connectivity index (χ0v) is 16.8. The van der Waals surface area contributed by atoms with E-state index >= 15 is 8.63 Å². The summed E-state index contributed by atoms with van der Waals surface area (Å²) >= 11 is 0. The van der Waals surface area contributed by atoms with Crippen molar-refractivity contribution in [3.05, 3.63) is 59.3 Å². The highest BCUT2D eigenvalue weighted by atomic mass is 19.4. The highest BCUT2D eigenvalue weighted by molar-refractivity contribution is 6.53. The van der Waals surface area contributed by atoms with Gasteiger partial charge in [0.25, 0.3) is 5.90 Å². The molecule has 0 saturated heterocycles. The number of alkyl halides is 6. The van der Waals surface area contributed by atoms with E-state index in [-0.39, 0.29) is 16.1 Å². The van der Waals surface area contributed by atoms with Crippen LogP contribution in [-0.2, 0) is 17.0 Å². The van der Waals surface area contributed by atoms with Crippen LogP contribution in [0.2, 0.25) is 0 Å². The van der Waals surface area contributed by atoms with Gasteiger partial charge in [0.2, 0.25) is 17.2 Å². The van der Waals surface area contributed by atoms with Crippen LogP contribution >= 0.6 is 0 Å². The van der Waals surface area contributed by atoms with Crippen molar-refractivity contribution in [2.45, 2.75) is 12.4 Å². The molecular formula is C19H13BF8N4O. The molecule has 174 valence electrons. The molecule has 0 atom stereocenters. The van der Waals surface area contributed by atoms with E-state index in [9.17, 15) is 26.3 Å². The molecular weight excluding hydrogens is 463 g/mol. The number of nitrogens with zero attached hydrogens (tertiary/aromatic N) is 4. The molecule has 0 N–H and O–H groups in total. The Labute approximate surface area is 181 Å². The van der Waals surface area contributed by atoms with E-state index in [0.29, 0.717) is 0 Å². The number of aromatic nitrogens is 2. The lowest BCUT2D eigenvalue weighted by Gasteiger charge is -2.30. The third-order valence-corrected chi connectivity index (χ3v) is 4.91. The normalized spacial score (nSPS) is 15.6. The van der Waals surface area contributed by atoms with Crippen LogP contribution in [-0.4, -0.2) is 32.0 Å². The summed E-state index contributed by atoms with van der Waals surface area (Å²) in [6.45, 7) is 0. The van der Waals surface area contributed by atoms with Gasteiger partial charge in [-0.25, -0.2) is 0 Å².